The summed E-state index contributed by atoms with van der Waals surface area (Å²) in [7, 11) is 0. The molecule has 4 N–H and O–H groups in total. The van der Waals surface area contributed by atoms with Gasteiger partial charge in [-0.05, 0) is 24.7 Å². The van der Waals surface area contributed by atoms with Crippen LogP contribution in [0.1, 0.15) is 47.0 Å². The molecule has 0 saturated carbocycles. The second kappa shape index (κ2) is 10.0. The van der Waals surface area contributed by atoms with Crippen LogP contribution in [0.15, 0.2) is 0 Å². The van der Waals surface area contributed by atoms with E-state index in [0.29, 0.717) is 25.8 Å². The third-order valence-corrected chi connectivity index (χ3v) is 5.00. The van der Waals surface area contributed by atoms with Gasteiger partial charge < -0.3 is 21.3 Å². The number of aldehydes is 1. The normalized spacial score (nSPS) is 19.9. The molecule has 9 heteroatoms. The van der Waals surface area contributed by atoms with E-state index in [1.165, 1.54) is 4.90 Å². The lowest BCUT2D eigenvalue weighted by Gasteiger charge is -2.29. The molecule has 0 bridgehead atoms. The van der Waals surface area contributed by atoms with E-state index in [1.807, 2.05) is 13.8 Å². The van der Waals surface area contributed by atoms with Gasteiger partial charge in [0.05, 0.1) is 0 Å². The predicted octanol–water partition coefficient (Wildman–Crippen LogP) is -0.667. The van der Waals surface area contributed by atoms with Gasteiger partial charge in [-0.3, -0.25) is 24.0 Å². The smallest absolute Gasteiger partial charge is 0.287 e. The quantitative estimate of drug-likeness (QED) is 0.359. The van der Waals surface area contributed by atoms with E-state index in [1.54, 1.807) is 13.8 Å². The van der Waals surface area contributed by atoms with Gasteiger partial charge in [0.1, 0.15) is 18.1 Å². The van der Waals surface area contributed by atoms with Crippen molar-refractivity contribution >= 4 is 29.9 Å². The van der Waals surface area contributed by atoms with Crippen LogP contribution in [0.2, 0.25) is 0 Å². The average Bonchev–Trinajstić information content (AvgIpc) is 3.11. The number of hydrogen-bond acceptors (Lipinski definition) is 5. The summed E-state index contributed by atoms with van der Waals surface area (Å²) in [6.07, 6.45) is 1.83. The van der Waals surface area contributed by atoms with Crippen LogP contribution in [0.4, 0.5) is 0 Å². The zero-order chi connectivity index (χ0) is 20.7. The number of primary amides is 1. The molecule has 4 atom stereocenters. The zero-order valence-corrected chi connectivity index (χ0v) is 16.4. The van der Waals surface area contributed by atoms with Crippen molar-refractivity contribution in [2.45, 2.75) is 65.1 Å². The van der Waals surface area contributed by atoms with E-state index >= 15 is 0 Å². The molecule has 1 saturated heterocycles. The molecule has 0 unspecified atom stereocenters. The molecule has 1 heterocycles. The first-order valence-corrected chi connectivity index (χ1v) is 9.29. The van der Waals surface area contributed by atoms with Crippen LogP contribution in [0, 0.1) is 11.8 Å². The number of rotatable bonds is 9. The van der Waals surface area contributed by atoms with Crippen LogP contribution in [0.3, 0.4) is 0 Å². The summed E-state index contributed by atoms with van der Waals surface area (Å²) in [4.78, 5) is 60.6. The molecule has 152 valence electrons. The van der Waals surface area contributed by atoms with Gasteiger partial charge in [0, 0.05) is 6.54 Å². The minimum Gasteiger partial charge on any atom is -0.368 e. The van der Waals surface area contributed by atoms with Gasteiger partial charge in [-0.25, -0.2) is 0 Å². The Balaban J connectivity index is 2.92. The van der Waals surface area contributed by atoms with Crippen LogP contribution < -0.4 is 16.4 Å². The first-order chi connectivity index (χ1) is 12.6. The molecule has 1 rings (SSSR count). The lowest BCUT2D eigenvalue weighted by Crippen LogP contribution is -2.58. The third kappa shape index (κ3) is 5.77. The molecule has 4 amide bonds. The van der Waals surface area contributed by atoms with Gasteiger partial charge >= 0.3 is 0 Å². The summed E-state index contributed by atoms with van der Waals surface area (Å²) in [5, 5.41) is 5.30. The summed E-state index contributed by atoms with van der Waals surface area (Å²) in [5.41, 5.74) is 5.34. The molecule has 1 aliphatic rings. The van der Waals surface area contributed by atoms with Crippen LogP contribution in [-0.4, -0.2) is 59.5 Å². The molecule has 27 heavy (non-hydrogen) atoms. The SMILES string of the molecule is CC[C@H](C)[C@H](NC(=O)[C@@H]1CCCN1C(=O)C=O)C(=O)N[C@H](C(N)=O)C(C)C. The highest BCUT2D eigenvalue weighted by Crippen LogP contribution is 2.18. The maximum atomic E-state index is 12.7. The van der Waals surface area contributed by atoms with Crippen molar-refractivity contribution in [3.63, 3.8) is 0 Å². The molecule has 0 aromatic carbocycles. The summed E-state index contributed by atoms with van der Waals surface area (Å²) in [6, 6.07) is -2.50. The summed E-state index contributed by atoms with van der Waals surface area (Å²) in [6.45, 7) is 7.53. The first kappa shape index (κ1) is 22.6. The minimum absolute atomic E-state index is 0.185. The molecule has 0 aliphatic carbocycles. The largest absolute Gasteiger partial charge is 0.368 e. The van der Waals surface area contributed by atoms with E-state index < -0.39 is 41.8 Å². The Hall–Kier alpha value is -2.45. The highest BCUT2D eigenvalue weighted by molar-refractivity contribution is 6.24. The molecule has 0 spiro atoms. The van der Waals surface area contributed by atoms with E-state index in [4.69, 9.17) is 5.73 Å². The van der Waals surface area contributed by atoms with Gasteiger partial charge in [-0.15, -0.1) is 0 Å². The molecule has 9 nitrogen and oxygen atoms in total. The topological polar surface area (TPSA) is 139 Å². The number of hydrogen-bond donors (Lipinski definition) is 3. The Morgan fingerprint density at radius 3 is 2.26 bits per heavy atom. The van der Waals surface area contributed by atoms with Gasteiger partial charge in [0.2, 0.25) is 24.0 Å². The number of nitrogens with zero attached hydrogens (tertiary/aromatic N) is 1. The Bertz CT molecular complexity index is 592. The summed E-state index contributed by atoms with van der Waals surface area (Å²) < 4.78 is 0. The third-order valence-electron chi connectivity index (χ3n) is 5.00. The van der Waals surface area contributed by atoms with Gasteiger partial charge in [0.15, 0.2) is 0 Å². The number of carbonyl (C=O) groups is 5. The summed E-state index contributed by atoms with van der Waals surface area (Å²) in [5.74, 6) is -2.77. The number of amides is 4. The predicted molar refractivity (Wildman–Crippen MR) is 98.1 cm³/mol. The maximum absolute atomic E-state index is 12.7. The van der Waals surface area contributed by atoms with Crippen molar-refractivity contribution in [1.29, 1.82) is 0 Å². The molecule has 0 aromatic rings. The van der Waals surface area contributed by atoms with E-state index in [0.717, 1.165) is 0 Å². The van der Waals surface area contributed by atoms with Crippen LogP contribution in [0.25, 0.3) is 0 Å². The standard InChI is InChI=1S/C18H30N4O5/c1-5-11(4)15(18(27)20-14(10(2)3)16(19)25)21-17(26)12-7-6-8-22(12)13(24)9-23/h9-12,14-15H,5-8H2,1-4H3,(H2,19,25)(H,20,27)(H,21,26)/t11-,12-,14-,15-/m0/s1. The van der Waals surface area contributed by atoms with E-state index in [-0.39, 0.29) is 18.1 Å². The minimum atomic E-state index is -0.878. The average molecular weight is 382 g/mol. The number of nitrogens with one attached hydrogen (secondary N) is 2. The fraction of sp³-hybridized carbons (Fsp3) is 0.722. The summed E-state index contributed by atoms with van der Waals surface area (Å²) >= 11 is 0. The molecular formula is C18H30N4O5. The second-order valence-corrected chi connectivity index (χ2v) is 7.31. The lowest BCUT2D eigenvalue weighted by molar-refractivity contribution is -0.143. The molecule has 0 radical (unpaired) electrons. The monoisotopic (exact) mass is 382 g/mol. The van der Waals surface area contributed by atoms with Crippen molar-refractivity contribution in [2.75, 3.05) is 6.54 Å². The van der Waals surface area contributed by atoms with Gasteiger partial charge in [-0.2, -0.15) is 0 Å². The van der Waals surface area contributed by atoms with Crippen LogP contribution in [0.5, 0.6) is 0 Å². The van der Waals surface area contributed by atoms with Crippen molar-refractivity contribution in [1.82, 2.24) is 15.5 Å². The molecule has 1 fully saturated rings. The van der Waals surface area contributed by atoms with E-state index in [2.05, 4.69) is 10.6 Å². The number of nitrogens with two attached hydrogens (primary N) is 1. The number of carbonyl (C=O) groups excluding carboxylic acids is 5. The number of likely N-dealkylation sites (tertiary alicyclic amines) is 1. The highest BCUT2D eigenvalue weighted by atomic mass is 16.2. The molecular weight excluding hydrogens is 352 g/mol. The van der Waals surface area contributed by atoms with Gasteiger partial charge in [0.25, 0.3) is 5.91 Å². The molecule has 1 aliphatic heterocycles. The fourth-order valence-electron chi connectivity index (χ4n) is 3.13. The van der Waals surface area contributed by atoms with E-state index in [9.17, 15) is 24.0 Å². The highest BCUT2D eigenvalue weighted by Gasteiger charge is 2.37. The Morgan fingerprint density at radius 1 is 1.15 bits per heavy atom. The van der Waals surface area contributed by atoms with Crippen molar-refractivity contribution < 1.29 is 24.0 Å². The Kier molecular flexibility index (Phi) is 8.39. The second-order valence-electron chi connectivity index (χ2n) is 7.31. The Morgan fingerprint density at radius 2 is 1.78 bits per heavy atom. The van der Waals surface area contributed by atoms with Crippen molar-refractivity contribution in [2.24, 2.45) is 17.6 Å². The van der Waals surface area contributed by atoms with Gasteiger partial charge in [-0.1, -0.05) is 34.1 Å². The maximum Gasteiger partial charge on any atom is 0.287 e. The lowest BCUT2D eigenvalue weighted by atomic mass is 9.96. The first-order valence-electron chi connectivity index (χ1n) is 9.29. The van der Waals surface area contributed by atoms with Crippen LogP contribution >= 0.6 is 0 Å². The fourth-order valence-corrected chi connectivity index (χ4v) is 3.13. The van der Waals surface area contributed by atoms with Crippen molar-refractivity contribution in [3.8, 4) is 0 Å². The van der Waals surface area contributed by atoms with Crippen LogP contribution in [-0.2, 0) is 24.0 Å². The molecule has 0 aromatic heterocycles. The Labute approximate surface area is 159 Å². The van der Waals surface area contributed by atoms with Crippen molar-refractivity contribution in [3.05, 3.63) is 0 Å². The zero-order valence-electron chi connectivity index (χ0n) is 16.4.